The lowest BCUT2D eigenvalue weighted by Crippen LogP contribution is -2.47. The summed E-state index contributed by atoms with van der Waals surface area (Å²) in [5, 5.41) is 2.91. The minimum atomic E-state index is -0.0195. The molecule has 0 aromatic heterocycles. The van der Waals surface area contributed by atoms with E-state index in [1.54, 1.807) is 0 Å². The van der Waals surface area contributed by atoms with E-state index in [0.29, 0.717) is 13.0 Å². The van der Waals surface area contributed by atoms with E-state index in [0.717, 1.165) is 37.8 Å². The second kappa shape index (κ2) is 7.11. The maximum atomic E-state index is 11.6. The van der Waals surface area contributed by atoms with Gasteiger partial charge in [-0.05, 0) is 37.0 Å². The summed E-state index contributed by atoms with van der Waals surface area (Å²) in [5.74, 6) is 0.946. The van der Waals surface area contributed by atoms with Gasteiger partial charge in [-0.25, -0.2) is 0 Å². The van der Waals surface area contributed by atoms with Crippen LogP contribution >= 0.6 is 0 Å². The molecule has 5 nitrogen and oxygen atoms in total. The van der Waals surface area contributed by atoms with E-state index in [1.165, 1.54) is 25.1 Å². The average Bonchev–Trinajstić information content (AvgIpc) is 3.32. The van der Waals surface area contributed by atoms with Gasteiger partial charge >= 0.3 is 0 Å². The molecule has 5 heteroatoms. The fraction of sp³-hybridized carbons (Fsp3) is 0.588. The number of rotatable bonds is 6. The molecule has 2 aliphatic rings. The van der Waals surface area contributed by atoms with Crippen LogP contribution in [0.1, 0.15) is 19.3 Å². The molecule has 1 aromatic rings. The van der Waals surface area contributed by atoms with Gasteiger partial charge in [0, 0.05) is 57.1 Å². The van der Waals surface area contributed by atoms with Gasteiger partial charge in [0.1, 0.15) is 0 Å². The monoisotopic (exact) mass is 302 g/mol. The van der Waals surface area contributed by atoms with Crippen molar-refractivity contribution in [3.05, 3.63) is 24.3 Å². The Kier molecular flexibility index (Phi) is 4.95. The highest BCUT2D eigenvalue weighted by Gasteiger charge is 2.26. The van der Waals surface area contributed by atoms with Crippen molar-refractivity contribution in [3.8, 4) is 0 Å². The Morgan fingerprint density at radius 3 is 2.68 bits per heavy atom. The number of anilines is 2. The molecule has 0 unspecified atom stereocenters. The van der Waals surface area contributed by atoms with E-state index in [4.69, 9.17) is 5.73 Å². The predicted octanol–water partition coefficient (Wildman–Crippen LogP) is 1.51. The molecule has 0 atom stereocenters. The Balaban J connectivity index is 1.54. The smallest absolute Gasteiger partial charge is 0.225 e. The summed E-state index contributed by atoms with van der Waals surface area (Å²) in [7, 11) is 0. The van der Waals surface area contributed by atoms with Crippen molar-refractivity contribution in [1.29, 1.82) is 0 Å². The third-order valence-electron chi connectivity index (χ3n) is 4.45. The van der Waals surface area contributed by atoms with Gasteiger partial charge in [-0.15, -0.1) is 0 Å². The van der Waals surface area contributed by atoms with Crippen molar-refractivity contribution < 1.29 is 4.79 Å². The minimum Gasteiger partial charge on any atom is -0.369 e. The van der Waals surface area contributed by atoms with E-state index < -0.39 is 0 Å². The maximum absolute atomic E-state index is 11.6. The molecule has 120 valence electrons. The van der Waals surface area contributed by atoms with Gasteiger partial charge in [-0.2, -0.15) is 0 Å². The number of nitrogens with two attached hydrogens (primary N) is 1. The number of hydrogen-bond acceptors (Lipinski definition) is 4. The SMILES string of the molecule is NCCC(=O)Nc1cccc(N2CCN(CC3CC3)CC2)c1. The first-order valence-electron chi connectivity index (χ1n) is 8.32. The van der Waals surface area contributed by atoms with Crippen molar-refractivity contribution in [1.82, 2.24) is 4.90 Å². The Morgan fingerprint density at radius 1 is 1.23 bits per heavy atom. The van der Waals surface area contributed by atoms with E-state index in [2.05, 4.69) is 27.2 Å². The standard InChI is InChI=1S/C17H26N4O/c18-7-6-17(22)19-15-2-1-3-16(12-15)21-10-8-20(9-11-21)13-14-4-5-14/h1-3,12,14H,4-11,13,18H2,(H,19,22). The first-order valence-corrected chi connectivity index (χ1v) is 8.32. The van der Waals surface area contributed by atoms with E-state index in [1.807, 2.05) is 12.1 Å². The van der Waals surface area contributed by atoms with Crippen LogP contribution in [-0.4, -0.2) is 50.1 Å². The molecule has 1 heterocycles. The van der Waals surface area contributed by atoms with Crippen LogP contribution in [0.5, 0.6) is 0 Å². The normalized spacial score (nSPS) is 19.2. The highest BCUT2D eigenvalue weighted by atomic mass is 16.1. The number of piperazine rings is 1. The number of amides is 1. The molecule has 0 radical (unpaired) electrons. The molecule has 3 N–H and O–H groups in total. The number of nitrogens with one attached hydrogen (secondary N) is 1. The molecule has 1 saturated heterocycles. The molecule has 1 amide bonds. The Morgan fingerprint density at radius 2 is 2.00 bits per heavy atom. The summed E-state index contributed by atoms with van der Waals surface area (Å²) in [6, 6.07) is 8.12. The van der Waals surface area contributed by atoms with Gasteiger partial charge in [0.25, 0.3) is 0 Å². The molecular formula is C17H26N4O. The zero-order valence-electron chi connectivity index (χ0n) is 13.1. The lowest BCUT2D eigenvalue weighted by molar-refractivity contribution is -0.116. The highest BCUT2D eigenvalue weighted by molar-refractivity contribution is 5.91. The summed E-state index contributed by atoms with van der Waals surface area (Å²) < 4.78 is 0. The summed E-state index contributed by atoms with van der Waals surface area (Å²) >= 11 is 0. The van der Waals surface area contributed by atoms with E-state index >= 15 is 0 Å². The lowest BCUT2D eigenvalue weighted by Gasteiger charge is -2.36. The Bertz CT molecular complexity index is 507. The minimum absolute atomic E-state index is 0.0195. The van der Waals surface area contributed by atoms with Crippen LogP contribution in [-0.2, 0) is 4.79 Å². The van der Waals surface area contributed by atoms with E-state index in [9.17, 15) is 4.79 Å². The van der Waals surface area contributed by atoms with Crippen molar-refractivity contribution in [2.45, 2.75) is 19.3 Å². The molecular weight excluding hydrogens is 276 g/mol. The van der Waals surface area contributed by atoms with Crippen molar-refractivity contribution in [2.24, 2.45) is 11.7 Å². The van der Waals surface area contributed by atoms with Gasteiger partial charge in [-0.3, -0.25) is 9.69 Å². The molecule has 0 bridgehead atoms. The topological polar surface area (TPSA) is 61.6 Å². The van der Waals surface area contributed by atoms with Gasteiger partial charge < -0.3 is 16.0 Å². The first-order chi connectivity index (χ1) is 10.7. The zero-order valence-corrected chi connectivity index (χ0v) is 13.1. The molecule has 1 aliphatic carbocycles. The second-order valence-corrected chi connectivity index (χ2v) is 6.37. The number of carbonyl (C=O) groups excluding carboxylic acids is 1. The van der Waals surface area contributed by atoms with Crippen LogP contribution in [0.3, 0.4) is 0 Å². The largest absolute Gasteiger partial charge is 0.369 e. The summed E-state index contributed by atoms with van der Waals surface area (Å²) in [6.45, 7) is 6.07. The zero-order chi connectivity index (χ0) is 15.4. The number of benzene rings is 1. The van der Waals surface area contributed by atoms with Crippen molar-refractivity contribution >= 4 is 17.3 Å². The number of nitrogens with zero attached hydrogens (tertiary/aromatic N) is 2. The number of carbonyl (C=O) groups is 1. The average molecular weight is 302 g/mol. The predicted molar refractivity (Wildman–Crippen MR) is 90.1 cm³/mol. The molecule has 22 heavy (non-hydrogen) atoms. The third-order valence-corrected chi connectivity index (χ3v) is 4.45. The summed E-state index contributed by atoms with van der Waals surface area (Å²) in [4.78, 5) is 16.6. The summed E-state index contributed by atoms with van der Waals surface area (Å²) in [6.07, 6.45) is 3.21. The third kappa shape index (κ3) is 4.21. The van der Waals surface area contributed by atoms with Crippen LogP contribution < -0.4 is 16.0 Å². The van der Waals surface area contributed by atoms with Crippen LogP contribution in [0.15, 0.2) is 24.3 Å². The fourth-order valence-electron chi connectivity index (χ4n) is 2.99. The van der Waals surface area contributed by atoms with Gasteiger partial charge in [-0.1, -0.05) is 6.07 Å². The van der Waals surface area contributed by atoms with Crippen LogP contribution in [0.4, 0.5) is 11.4 Å². The Hall–Kier alpha value is -1.59. The first kappa shape index (κ1) is 15.3. The molecule has 2 fully saturated rings. The fourth-order valence-corrected chi connectivity index (χ4v) is 2.99. The van der Waals surface area contributed by atoms with Gasteiger partial charge in [0.2, 0.25) is 5.91 Å². The molecule has 3 rings (SSSR count). The highest BCUT2D eigenvalue weighted by Crippen LogP contribution is 2.30. The van der Waals surface area contributed by atoms with Crippen molar-refractivity contribution in [2.75, 3.05) is 49.5 Å². The van der Waals surface area contributed by atoms with E-state index in [-0.39, 0.29) is 5.91 Å². The van der Waals surface area contributed by atoms with Gasteiger partial charge in [0.05, 0.1) is 0 Å². The van der Waals surface area contributed by atoms with Crippen LogP contribution in [0.25, 0.3) is 0 Å². The summed E-state index contributed by atoms with van der Waals surface area (Å²) in [5.41, 5.74) is 7.46. The van der Waals surface area contributed by atoms with Crippen LogP contribution in [0, 0.1) is 5.92 Å². The van der Waals surface area contributed by atoms with Gasteiger partial charge in [0.15, 0.2) is 0 Å². The molecule has 1 aliphatic heterocycles. The molecule has 1 aromatic carbocycles. The van der Waals surface area contributed by atoms with Crippen molar-refractivity contribution in [3.63, 3.8) is 0 Å². The van der Waals surface area contributed by atoms with Crippen LogP contribution in [0.2, 0.25) is 0 Å². The molecule has 1 saturated carbocycles. The Labute approximate surface area is 132 Å². The number of hydrogen-bond donors (Lipinski definition) is 2. The maximum Gasteiger partial charge on any atom is 0.225 e. The quantitative estimate of drug-likeness (QED) is 0.836. The second-order valence-electron chi connectivity index (χ2n) is 6.37. The molecule has 0 spiro atoms. The lowest BCUT2D eigenvalue weighted by atomic mass is 10.2.